The molecule has 10 nitrogen and oxygen atoms in total. The summed E-state index contributed by atoms with van der Waals surface area (Å²) in [7, 11) is 0. The van der Waals surface area contributed by atoms with E-state index < -0.39 is 11.7 Å². The van der Waals surface area contributed by atoms with Crippen LogP contribution in [0.25, 0.3) is 0 Å². The van der Waals surface area contributed by atoms with Gasteiger partial charge < -0.3 is 29.9 Å². The van der Waals surface area contributed by atoms with Crippen LogP contribution in [0, 0.1) is 6.92 Å². The number of carboxylic acid groups (broad SMARTS) is 1. The highest BCUT2D eigenvalue weighted by Crippen LogP contribution is 2.40. The molecule has 0 saturated carbocycles. The highest BCUT2D eigenvalue weighted by Gasteiger charge is 2.42. The Labute approximate surface area is 212 Å². The third-order valence-corrected chi connectivity index (χ3v) is 6.78. The van der Waals surface area contributed by atoms with Gasteiger partial charge in [0, 0.05) is 44.2 Å². The maximum absolute atomic E-state index is 13.9. The lowest BCUT2D eigenvalue weighted by atomic mass is 9.97. The first kappa shape index (κ1) is 27.3. The molecule has 0 aliphatic carbocycles. The number of likely N-dealkylation sites (tertiary alicyclic amines) is 1. The second-order valence-electron chi connectivity index (χ2n) is 10.2. The number of piperidine rings is 1. The fraction of sp³-hybridized carbons (Fsp3) is 0.615. The predicted molar refractivity (Wildman–Crippen MR) is 135 cm³/mol. The van der Waals surface area contributed by atoms with Crippen molar-refractivity contribution in [1.29, 1.82) is 0 Å². The lowest BCUT2D eigenvalue weighted by molar-refractivity contribution is -0.132. The van der Waals surface area contributed by atoms with Crippen molar-refractivity contribution in [2.24, 2.45) is 0 Å². The summed E-state index contributed by atoms with van der Waals surface area (Å²) in [5, 5.41) is 12.3. The van der Waals surface area contributed by atoms with Crippen molar-refractivity contribution >= 4 is 29.5 Å². The maximum Gasteiger partial charge on any atom is 0.407 e. The minimum Gasteiger partial charge on any atom is -0.476 e. The van der Waals surface area contributed by atoms with E-state index in [2.05, 4.69) is 5.32 Å². The number of carbonyl (C=O) groups is 4. The van der Waals surface area contributed by atoms with Crippen LogP contribution in [-0.4, -0.2) is 82.6 Å². The smallest absolute Gasteiger partial charge is 0.407 e. The summed E-state index contributed by atoms with van der Waals surface area (Å²) in [6.45, 7) is 12.1. The van der Waals surface area contributed by atoms with Gasteiger partial charge in [0.05, 0.1) is 11.7 Å². The Bertz CT molecular complexity index is 1040. The number of nitrogens with zero attached hydrogens (tertiary/aromatic N) is 3. The molecule has 1 atom stereocenters. The van der Waals surface area contributed by atoms with Gasteiger partial charge in [-0.15, -0.1) is 0 Å². The molecular weight excluding hydrogens is 464 g/mol. The normalized spacial score (nSPS) is 19.0. The van der Waals surface area contributed by atoms with Crippen LogP contribution in [0.15, 0.2) is 12.1 Å². The van der Waals surface area contributed by atoms with Crippen molar-refractivity contribution < 1.29 is 29.0 Å². The number of anilines is 1. The summed E-state index contributed by atoms with van der Waals surface area (Å²) < 4.78 is 6.02. The zero-order valence-corrected chi connectivity index (χ0v) is 22.1. The quantitative estimate of drug-likeness (QED) is 0.592. The molecule has 0 aromatic heterocycles. The van der Waals surface area contributed by atoms with Crippen LogP contribution in [0.3, 0.4) is 0 Å². The van der Waals surface area contributed by atoms with Crippen molar-refractivity contribution in [3.63, 3.8) is 0 Å². The number of carbonyl (C=O) groups excluding carboxylic acids is 3. The Kier molecular flexibility index (Phi) is 8.15. The first-order chi connectivity index (χ1) is 16.9. The van der Waals surface area contributed by atoms with E-state index in [0.717, 1.165) is 6.42 Å². The number of nitrogens with one attached hydrogen (secondary N) is 1. The number of benzene rings is 1. The molecule has 3 rings (SSSR count). The third kappa shape index (κ3) is 5.57. The molecule has 198 valence electrons. The molecule has 1 fully saturated rings. The Morgan fingerprint density at radius 1 is 1.28 bits per heavy atom. The average Bonchev–Trinajstić information content (AvgIpc) is 2.80. The number of ether oxygens (including phenoxy) is 1. The number of rotatable bonds is 7. The molecule has 10 heteroatoms. The van der Waals surface area contributed by atoms with Gasteiger partial charge in [-0.1, -0.05) is 6.92 Å². The number of aryl methyl sites for hydroxylation is 1. The summed E-state index contributed by atoms with van der Waals surface area (Å²) >= 11 is 0. The van der Waals surface area contributed by atoms with Crippen LogP contribution in [0.1, 0.15) is 69.8 Å². The SMILES string of the molecule is CCC(=O)NCCN1C(=O)C(C)(C)Oc2cc(C)c(C(=O)N(C(C)C)[C@@H]3CCCN(C(=O)O)C3)cc21. The van der Waals surface area contributed by atoms with E-state index in [1.54, 1.807) is 42.7 Å². The topological polar surface area (TPSA) is 119 Å². The highest BCUT2D eigenvalue weighted by atomic mass is 16.5. The van der Waals surface area contributed by atoms with Gasteiger partial charge in [0.15, 0.2) is 5.60 Å². The Balaban J connectivity index is 1.96. The molecule has 1 saturated heterocycles. The minimum absolute atomic E-state index is 0.106. The molecular formula is C26H38N4O6. The van der Waals surface area contributed by atoms with Gasteiger partial charge in [0.2, 0.25) is 5.91 Å². The van der Waals surface area contributed by atoms with Crippen molar-refractivity contribution in [3.05, 3.63) is 23.3 Å². The number of fused-ring (bicyclic) bond motifs is 1. The molecule has 1 aromatic carbocycles. The predicted octanol–water partition coefficient (Wildman–Crippen LogP) is 3.02. The molecule has 2 heterocycles. The van der Waals surface area contributed by atoms with E-state index in [0.29, 0.717) is 42.0 Å². The van der Waals surface area contributed by atoms with E-state index in [1.165, 1.54) is 4.90 Å². The first-order valence-corrected chi connectivity index (χ1v) is 12.6. The van der Waals surface area contributed by atoms with Crippen LogP contribution in [0.5, 0.6) is 5.75 Å². The van der Waals surface area contributed by atoms with E-state index in [9.17, 15) is 24.3 Å². The van der Waals surface area contributed by atoms with Crippen LogP contribution in [0.4, 0.5) is 10.5 Å². The second kappa shape index (κ2) is 10.8. The largest absolute Gasteiger partial charge is 0.476 e. The standard InChI is InChI=1S/C26H38N4O6/c1-7-22(31)27-10-12-29-20-14-19(17(4)13-21(20)36-26(5,6)24(29)33)23(32)30(16(2)3)18-9-8-11-28(15-18)25(34)35/h13-14,16,18H,7-12,15H2,1-6H3,(H,27,31)(H,34,35)/t18-/m1/s1. The Morgan fingerprint density at radius 2 is 1.97 bits per heavy atom. The van der Waals surface area contributed by atoms with Crippen LogP contribution in [-0.2, 0) is 9.59 Å². The van der Waals surface area contributed by atoms with Crippen molar-refractivity contribution in [1.82, 2.24) is 15.1 Å². The third-order valence-electron chi connectivity index (χ3n) is 6.78. The van der Waals surface area contributed by atoms with Crippen molar-refractivity contribution in [2.45, 2.75) is 78.5 Å². The molecule has 36 heavy (non-hydrogen) atoms. The zero-order valence-electron chi connectivity index (χ0n) is 22.1. The fourth-order valence-electron chi connectivity index (χ4n) is 4.92. The highest BCUT2D eigenvalue weighted by molar-refractivity contribution is 6.05. The monoisotopic (exact) mass is 502 g/mol. The molecule has 0 unspecified atom stereocenters. The molecule has 0 radical (unpaired) electrons. The van der Waals surface area contributed by atoms with Gasteiger partial charge in [0.1, 0.15) is 5.75 Å². The first-order valence-electron chi connectivity index (χ1n) is 12.6. The Hall–Kier alpha value is -3.30. The number of hydrogen-bond acceptors (Lipinski definition) is 5. The molecule has 0 spiro atoms. The lowest BCUT2D eigenvalue weighted by Gasteiger charge is -2.41. The molecule has 0 bridgehead atoms. The van der Waals surface area contributed by atoms with Crippen LogP contribution >= 0.6 is 0 Å². The fourth-order valence-corrected chi connectivity index (χ4v) is 4.92. The summed E-state index contributed by atoms with van der Waals surface area (Å²) in [6.07, 6.45) is 0.773. The summed E-state index contributed by atoms with van der Waals surface area (Å²) in [5.74, 6) is -0.0705. The summed E-state index contributed by atoms with van der Waals surface area (Å²) in [5.41, 5.74) is 0.540. The van der Waals surface area contributed by atoms with Gasteiger partial charge in [-0.2, -0.15) is 0 Å². The van der Waals surface area contributed by atoms with Gasteiger partial charge in [0.25, 0.3) is 11.8 Å². The number of amides is 4. The number of hydrogen-bond donors (Lipinski definition) is 2. The maximum atomic E-state index is 13.9. The second-order valence-corrected chi connectivity index (χ2v) is 10.2. The molecule has 2 aliphatic heterocycles. The van der Waals surface area contributed by atoms with Crippen molar-refractivity contribution in [3.8, 4) is 5.75 Å². The van der Waals surface area contributed by atoms with Gasteiger partial charge in [-0.3, -0.25) is 14.4 Å². The summed E-state index contributed by atoms with van der Waals surface area (Å²) in [4.78, 5) is 55.1. The van der Waals surface area contributed by atoms with E-state index in [4.69, 9.17) is 4.74 Å². The van der Waals surface area contributed by atoms with Gasteiger partial charge in [-0.05, 0) is 65.2 Å². The minimum atomic E-state index is -1.09. The average molecular weight is 503 g/mol. The summed E-state index contributed by atoms with van der Waals surface area (Å²) in [6, 6.07) is 3.07. The van der Waals surface area contributed by atoms with E-state index in [1.807, 2.05) is 20.8 Å². The molecule has 4 amide bonds. The molecule has 1 aromatic rings. The zero-order chi connectivity index (χ0) is 26.8. The van der Waals surface area contributed by atoms with Crippen molar-refractivity contribution in [2.75, 3.05) is 31.1 Å². The van der Waals surface area contributed by atoms with E-state index >= 15 is 0 Å². The van der Waals surface area contributed by atoms with Gasteiger partial charge in [-0.25, -0.2) is 4.79 Å². The van der Waals surface area contributed by atoms with E-state index in [-0.39, 0.29) is 49.4 Å². The molecule has 2 aliphatic rings. The lowest BCUT2D eigenvalue weighted by Crippen LogP contribution is -2.55. The van der Waals surface area contributed by atoms with Crippen LogP contribution in [0.2, 0.25) is 0 Å². The molecule has 2 N–H and O–H groups in total. The van der Waals surface area contributed by atoms with Crippen LogP contribution < -0.4 is 15.0 Å². The Morgan fingerprint density at radius 3 is 2.58 bits per heavy atom. The van der Waals surface area contributed by atoms with Gasteiger partial charge >= 0.3 is 6.09 Å².